The van der Waals surface area contributed by atoms with E-state index >= 15 is 0 Å². The fourth-order valence-electron chi connectivity index (χ4n) is 1.62. The molecular formula is C11H23N3O3. The molecule has 100 valence electrons. The van der Waals surface area contributed by atoms with Gasteiger partial charge >= 0.3 is 0 Å². The standard InChI is InChI=1S/C11H23N3O3/c1-16-7-3-13-11(15)10-12-2-4-14-5-8-17-9-6-14/h12H,2-10H2,1H3,(H,13,15). The lowest BCUT2D eigenvalue weighted by atomic mass is 10.4. The summed E-state index contributed by atoms with van der Waals surface area (Å²) < 4.78 is 10.1. The SMILES string of the molecule is COCCNC(=O)CNCCN1CCOCC1. The van der Waals surface area contributed by atoms with Crippen LogP contribution in [0.1, 0.15) is 0 Å². The summed E-state index contributed by atoms with van der Waals surface area (Å²) in [7, 11) is 1.62. The number of hydrogen-bond acceptors (Lipinski definition) is 5. The van der Waals surface area contributed by atoms with Gasteiger partial charge in [-0.05, 0) is 0 Å². The van der Waals surface area contributed by atoms with Gasteiger partial charge in [-0.25, -0.2) is 0 Å². The van der Waals surface area contributed by atoms with Crippen LogP contribution in [0.2, 0.25) is 0 Å². The van der Waals surface area contributed by atoms with Crippen LogP contribution < -0.4 is 10.6 Å². The van der Waals surface area contributed by atoms with Gasteiger partial charge in [0.25, 0.3) is 0 Å². The predicted molar refractivity (Wildman–Crippen MR) is 65.0 cm³/mol. The third-order valence-corrected chi connectivity index (χ3v) is 2.62. The van der Waals surface area contributed by atoms with E-state index in [4.69, 9.17) is 9.47 Å². The molecule has 0 radical (unpaired) electrons. The quantitative estimate of drug-likeness (QED) is 0.519. The first-order chi connectivity index (χ1) is 8.33. The number of hydrogen-bond donors (Lipinski definition) is 2. The van der Waals surface area contributed by atoms with Crippen LogP contribution in [0.15, 0.2) is 0 Å². The molecule has 6 nitrogen and oxygen atoms in total. The van der Waals surface area contributed by atoms with Crippen LogP contribution in [0.4, 0.5) is 0 Å². The summed E-state index contributed by atoms with van der Waals surface area (Å²) in [5.74, 6) is 0.0176. The van der Waals surface area contributed by atoms with Crippen LogP contribution in [0.3, 0.4) is 0 Å². The molecule has 0 saturated carbocycles. The lowest BCUT2D eigenvalue weighted by Gasteiger charge is -2.26. The Morgan fingerprint density at radius 2 is 2.12 bits per heavy atom. The summed E-state index contributed by atoms with van der Waals surface area (Å²) in [5, 5.41) is 5.89. The Hall–Kier alpha value is -0.690. The molecule has 0 aliphatic carbocycles. The van der Waals surface area contributed by atoms with Gasteiger partial charge in [0.1, 0.15) is 0 Å². The Kier molecular flexibility index (Phi) is 7.91. The van der Waals surface area contributed by atoms with Gasteiger partial charge in [-0.2, -0.15) is 0 Å². The van der Waals surface area contributed by atoms with Crippen molar-refractivity contribution in [1.82, 2.24) is 15.5 Å². The second-order valence-corrected chi connectivity index (χ2v) is 3.97. The maximum atomic E-state index is 11.3. The fraction of sp³-hybridized carbons (Fsp3) is 0.909. The zero-order chi connectivity index (χ0) is 12.3. The molecule has 0 aromatic carbocycles. The average molecular weight is 245 g/mol. The molecule has 1 amide bonds. The van der Waals surface area contributed by atoms with Crippen LogP contribution in [-0.2, 0) is 14.3 Å². The number of morpholine rings is 1. The third-order valence-electron chi connectivity index (χ3n) is 2.62. The first-order valence-corrected chi connectivity index (χ1v) is 6.09. The van der Waals surface area contributed by atoms with E-state index in [1.807, 2.05) is 0 Å². The van der Waals surface area contributed by atoms with Gasteiger partial charge in [-0.1, -0.05) is 0 Å². The molecule has 0 unspecified atom stereocenters. The van der Waals surface area contributed by atoms with Crippen molar-refractivity contribution in [2.45, 2.75) is 0 Å². The Morgan fingerprint density at radius 3 is 2.82 bits per heavy atom. The zero-order valence-corrected chi connectivity index (χ0v) is 10.5. The van der Waals surface area contributed by atoms with Crippen molar-refractivity contribution in [2.24, 2.45) is 0 Å². The summed E-state index contributed by atoms with van der Waals surface area (Å²) in [5.41, 5.74) is 0. The van der Waals surface area contributed by atoms with Crippen LogP contribution in [0.25, 0.3) is 0 Å². The number of amides is 1. The maximum Gasteiger partial charge on any atom is 0.234 e. The Bertz CT molecular complexity index is 208. The van der Waals surface area contributed by atoms with Crippen molar-refractivity contribution in [3.8, 4) is 0 Å². The molecule has 2 N–H and O–H groups in total. The molecule has 0 spiro atoms. The van der Waals surface area contributed by atoms with E-state index < -0.39 is 0 Å². The van der Waals surface area contributed by atoms with E-state index in [1.165, 1.54) is 0 Å². The first-order valence-electron chi connectivity index (χ1n) is 6.09. The molecule has 6 heteroatoms. The number of carbonyl (C=O) groups excluding carboxylic acids is 1. The van der Waals surface area contributed by atoms with Crippen molar-refractivity contribution >= 4 is 5.91 Å². The lowest BCUT2D eigenvalue weighted by Crippen LogP contribution is -2.42. The minimum atomic E-state index is 0.0176. The highest BCUT2D eigenvalue weighted by Crippen LogP contribution is 1.94. The maximum absolute atomic E-state index is 11.3. The number of nitrogens with zero attached hydrogens (tertiary/aromatic N) is 1. The summed E-state index contributed by atoms with van der Waals surface area (Å²) in [6, 6.07) is 0. The number of carbonyl (C=O) groups is 1. The lowest BCUT2D eigenvalue weighted by molar-refractivity contribution is -0.120. The molecule has 17 heavy (non-hydrogen) atoms. The van der Waals surface area contributed by atoms with E-state index in [0.717, 1.165) is 39.4 Å². The van der Waals surface area contributed by atoms with Gasteiger partial charge in [0.15, 0.2) is 0 Å². The molecule has 0 atom stereocenters. The van der Waals surface area contributed by atoms with Crippen LogP contribution >= 0.6 is 0 Å². The van der Waals surface area contributed by atoms with Crippen molar-refractivity contribution in [3.63, 3.8) is 0 Å². The van der Waals surface area contributed by atoms with Gasteiger partial charge in [0.2, 0.25) is 5.91 Å². The Labute approximate surface area is 103 Å². The van der Waals surface area contributed by atoms with Crippen molar-refractivity contribution in [1.29, 1.82) is 0 Å². The summed E-state index contributed by atoms with van der Waals surface area (Å²) >= 11 is 0. The van der Waals surface area contributed by atoms with Crippen LogP contribution in [-0.4, -0.2) is 77.0 Å². The van der Waals surface area contributed by atoms with Crippen molar-refractivity contribution < 1.29 is 14.3 Å². The van der Waals surface area contributed by atoms with E-state index in [9.17, 15) is 4.79 Å². The Morgan fingerprint density at radius 1 is 1.35 bits per heavy atom. The van der Waals surface area contributed by atoms with Crippen molar-refractivity contribution in [3.05, 3.63) is 0 Å². The van der Waals surface area contributed by atoms with E-state index in [0.29, 0.717) is 19.7 Å². The number of ether oxygens (including phenoxy) is 2. The largest absolute Gasteiger partial charge is 0.383 e. The van der Waals surface area contributed by atoms with Gasteiger partial charge < -0.3 is 20.1 Å². The summed E-state index contributed by atoms with van der Waals surface area (Å²) in [6.07, 6.45) is 0. The highest BCUT2D eigenvalue weighted by Gasteiger charge is 2.09. The second-order valence-electron chi connectivity index (χ2n) is 3.97. The molecular weight excluding hydrogens is 222 g/mol. The minimum Gasteiger partial charge on any atom is -0.383 e. The topological polar surface area (TPSA) is 62.8 Å². The molecule has 1 saturated heterocycles. The first kappa shape index (κ1) is 14.4. The molecule has 1 aliphatic heterocycles. The predicted octanol–water partition coefficient (Wildman–Crippen LogP) is -1.33. The van der Waals surface area contributed by atoms with Gasteiger partial charge in [0.05, 0.1) is 26.4 Å². The summed E-state index contributed by atoms with van der Waals surface area (Å²) in [6.45, 7) is 6.90. The normalized spacial score (nSPS) is 17.0. The van der Waals surface area contributed by atoms with Crippen LogP contribution in [0, 0.1) is 0 Å². The minimum absolute atomic E-state index is 0.0176. The summed E-state index contributed by atoms with van der Waals surface area (Å²) in [4.78, 5) is 13.6. The molecule has 1 fully saturated rings. The number of rotatable bonds is 8. The van der Waals surface area contributed by atoms with Gasteiger partial charge in [-0.3, -0.25) is 9.69 Å². The van der Waals surface area contributed by atoms with Gasteiger partial charge in [0, 0.05) is 39.8 Å². The smallest absolute Gasteiger partial charge is 0.234 e. The second kappa shape index (κ2) is 9.35. The fourth-order valence-corrected chi connectivity index (χ4v) is 1.62. The molecule has 0 bridgehead atoms. The Balaban J connectivity index is 1.90. The van der Waals surface area contributed by atoms with Crippen LogP contribution in [0.5, 0.6) is 0 Å². The molecule has 0 aromatic rings. The number of nitrogens with one attached hydrogen (secondary N) is 2. The molecule has 0 aromatic heterocycles. The van der Waals surface area contributed by atoms with E-state index in [1.54, 1.807) is 7.11 Å². The van der Waals surface area contributed by atoms with Gasteiger partial charge in [-0.15, -0.1) is 0 Å². The highest BCUT2D eigenvalue weighted by molar-refractivity contribution is 5.77. The average Bonchev–Trinajstić information content (AvgIpc) is 2.36. The highest BCUT2D eigenvalue weighted by atomic mass is 16.5. The number of methoxy groups -OCH3 is 1. The van der Waals surface area contributed by atoms with Crippen molar-refractivity contribution in [2.75, 3.05) is 66.2 Å². The van der Waals surface area contributed by atoms with E-state index in [-0.39, 0.29) is 5.91 Å². The molecule has 1 aliphatic rings. The monoisotopic (exact) mass is 245 g/mol. The third kappa shape index (κ3) is 7.27. The zero-order valence-electron chi connectivity index (χ0n) is 10.5. The molecule has 1 heterocycles. The van der Waals surface area contributed by atoms with E-state index in [2.05, 4.69) is 15.5 Å². The molecule has 1 rings (SSSR count).